The third-order valence-corrected chi connectivity index (χ3v) is 6.18. The summed E-state index contributed by atoms with van der Waals surface area (Å²) in [7, 11) is 1.72. The lowest BCUT2D eigenvalue weighted by Crippen LogP contribution is -2.45. The van der Waals surface area contributed by atoms with E-state index in [1.54, 1.807) is 11.9 Å². The Morgan fingerprint density at radius 2 is 1.45 bits per heavy atom. The molecule has 1 heterocycles. The molecular formula is C27H28N2O2. The van der Waals surface area contributed by atoms with Gasteiger partial charge in [-0.15, -0.1) is 0 Å². The molecule has 0 N–H and O–H groups in total. The van der Waals surface area contributed by atoms with Crippen molar-refractivity contribution in [3.8, 4) is 0 Å². The third kappa shape index (κ3) is 4.38. The molecule has 1 atom stereocenters. The van der Waals surface area contributed by atoms with Gasteiger partial charge in [0, 0.05) is 13.6 Å². The Kier molecular flexibility index (Phi) is 6.17. The van der Waals surface area contributed by atoms with Gasteiger partial charge < -0.3 is 9.80 Å². The van der Waals surface area contributed by atoms with Crippen LogP contribution in [0, 0.1) is 0 Å². The van der Waals surface area contributed by atoms with Crippen LogP contribution in [0.1, 0.15) is 41.1 Å². The number of carbonyl (C=O) groups excluding carboxylic acids is 2. The van der Waals surface area contributed by atoms with Crippen molar-refractivity contribution in [1.82, 2.24) is 9.80 Å². The lowest BCUT2D eigenvalue weighted by Gasteiger charge is -2.36. The van der Waals surface area contributed by atoms with E-state index in [2.05, 4.69) is 19.1 Å². The highest BCUT2D eigenvalue weighted by molar-refractivity contribution is 5.90. The number of hydrogen-bond acceptors (Lipinski definition) is 2. The second kappa shape index (κ2) is 9.17. The average molecular weight is 413 g/mol. The van der Waals surface area contributed by atoms with E-state index in [9.17, 15) is 9.59 Å². The second-order valence-corrected chi connectivity index (χ2v) is 8.16. The van der Waals surface area contributed by atoms with Crippen LogP contribution in [0.5, 0.6) is 0 Å². The van der Waals surface area contributed by atoms with Gasteiger partial charge in [0.05, 0.1) is 18.5 Å². The SMILES string of the molecule is CC1c2ccccc2CCN1C(=O)CN(C)C(=O)C(c1ccccc1)c1ccccc1. The molecule has 3 aromatic carbocycles. The predicted molar refractivity (Wildman–Crippen MR) is 123 cm³/mol. The van der Waals surface area contributed by atoms with Gasteiger partial charge in [-0.25, -0.2) is 0 Å². The molecule has 0 saturated heterocycles. The first kappa shape index (κ1) is 20.9. The van der Waals surface area contributed by atoms with E-state index in [4.69, 9.17) is 0 Å². The Bertz CT molecular complexity index is 1010. The Balaban J connectivity index is 1.52. The van der Waals surface area contributed by atoms with Gasteiger partial charge in [-0.1, -0.05) is 84.9 Å². The fraction of sp³-hybridized carbons (Fsp3) is 0.259. The summed E-state index contributed by atoms with van der Waals surface area (Å²) in [5, 5.41) is 0. The zero-order valence-electron chi connectivity index (χ0n) is 18.1. The molecule has 0 saturated carbocycles. The molecule has 0 radical (unpaired) electrons. The summed E-state index contributed by atoms with van der Waals surface area (Å²) < 4.78 is 0. The maximum absolute atomic E-state index is 13.5. The summed E-state index contributed by atoms with van der Waals surface area (Å²) >= 11 is 0. The first-order chi connectivity index (χ1) is 15.1. The molecule has 158 valence electrons. The van der Waals surface area contributed by atoms with Crippen molar-refractivity contribution in [1.29, 1.82) is 0 Å². The minimum absolute atomic E-state index is 0.0139. The molecule has 1 aliphatic heterocycles. The number of hydrogen-bond donors (Lipinski definition) is 0. The fourth-order valence-corrected chi connectivity index (χ4v) is 4.47. The summed E-state index contributed by atoms with van der Waals surface area (Å²) in [4.78, 5) is 30.1. The minimum Gasteiger partial charge on any atom is -0.336 e. The van der Waals surface area contributed by atoms with Crippen LogP contribution in [0.4, 0.5) is 0 Å². The van der Waals surface area contributed by atoms with E-state index in [1.807, 2.05) is 77.7 Å². The zero-order chi connectivity index (χ0) is 21.8. The van der Waals surface area contributed by atoms with E-state index in [0.717, 1.165) is 17.5 Å². The minimum atomic E-state index is -0.431. The van der Waals surface area contributed by atoms with Gasteiger partial charge in [0.2, 0.25) is 11.8 Å². The van der Waals surface area contributed by atoms with Crippen LogP contribution in [-0.4, -0.2) is 41.8 Å². The van der Waals surface area contributed by atoms with E-state index in [-0.39, 0.29) is 24.4 Å². The Labute approximate surface area is 184 Å². The molecule has 3 aromatic rings. The summed E-state index contributed by atoms with van der Waals surface area (Å²) in [5.41, 5.74) is 4.36. The van der Waals surface area contributed by atoms with Crippen molar-refractivity contribution in [2.45, 2.75) is 25.3 Å². The first-order valence-electron chi connectivity index (χ1n) is 10.8. The molecule has 4 nitrogen and oxygen atoms in total. The Morgan fingerprint density at radius 1 is 0.903 bits per heavy atom. The zero-order valence-corrected chi connectivity index (χ0v) is 18.1. The Hall–Kier alpha value is -3.40. The van der Waals surface area contributed by atoms with Crippen molar-refractivity contribution in [2.75, 3.05) is 20.1 Å². The van der Waals surface area contributed by atoms with Gasteiger partial charge >= 0.3 is 0 Å². The van der Waals surface area contributed by atoms with Crippen molar-refractivity contribution in [2.24, 2.45) is 0 Å². The van der Waals surface area contributed by atoms with Gasteiger partial charge in [-0.3, -0.25) is 9.59 Å². The predicted octanol–water partition coefficient (Wildman–Crippen LogP) is 4.42. The number of likely N-dealkylation sites (N-methyl/N-ethyl adjacent to an activating group) is 1. The summed E-state index contributed by atoms with van der Waals surface area (Å²) in [6, 6.07) is 27.8. The maximum Gasteiger partial charge on any atom is 0.242 e. The molecule has 0 aliphatic carbocycles. The van der Waals surface area contributed by atoms with Crippen LogP contribution in [0.15, 0.2) is 84.9 Å². The van der Waals surface area contributed by atoms with Gasteiger partial charge in [0.15, 0.2) is 0 Å². The third-order valence-electron chi connectivity index (χ3n) is 6.18. The molecular weight excluding hydrogens is 384 g/mol. The lowest BCUT2D eigenvalue weighted by molar-refractivity contribution is -0.141. The number of nitrogens with zero attached hydrogens (tertiary/aromatic N) is 2. The van der Waals surface area contributed by atoms with Crippen molar-refractivity contribution in [3.63, 3.8) is 0 Å². The van der Waals surface area contributed by atoms with Crippen molar-refractivity contribution < 1.29 is 9.59 Å². The van der Waals surface area contributed by atoms with E-state index in [1.165, 1.54) is 11.1 Å². The molecule has 4 rings (SSSR count). The number of carbonyl (C=O) groups is 2. The fourth-order valence-electron chi connectivity index (χ4n) is 4.47. The number of amides is 2. The van der Waals surface area contributed by atoms with Crippen LogP contribution in [-0.2, 0) is 16.0 Å². The molecule has 4 heteroatoms. The molecule has 0 spiro atoms. The summed E-state index contributed by atoms with van der Waals surface area (Å²) in [6.07, 6.45) is 0.848. The van der Waals surface area contributed by atoms with Crippen LogP contribution in [0.25, 0.3) is 0 Å². The van der Waals surface area contributed by atoms with Crippen LogP contribution in [0.3, 0.4) is 0 Å². The molecule has 31 heavy (non-hydrogen) atoms. The molecule has 0 fully saturated rings. The monoisotopic (exact) mass is 412 g/mol. The molecule has 1 aliphatic rings. The smallest absolute Gasteiger partial charge is 0.242 e. The van der Waals surface area contributed by atoms with Crippen LogP contribution >= 0.6 is 0 Å². The normalized spacial score (nSPS) is 15.5. The first-order valence-corrected chi connectivity index (χ1v) is 10.8. The maximum atomic E-state index is 13.5. The largest absolute Gasteiger partial charge is 0.336 e. The van der Waals surface area contributed by atoms with Crippen molar-refractivity contribution in [3.05, 3.63) is 107 Å². The van der Waals surface area contributed by atoms with E-state index < -0.39 is 5.92 Å². The summed E-state index contributed by atoms with van der Waals surface area (Å²) in [6.45, 7) is 2.82. The molecule has 0 aromatic heterocycles. The number of rotatable bonds is 5. The second-order valence-electron chi connectivity index (χ2n) is 8.16. The molecule has 2 amide bonds. The van der Waals surface area contributed by atoms with Crippen molar-refractivity contribution >= 4 is 11.8 Å². The standard InChI is InChI=1S/C27H28N2O2/c1-20-24-16-10-9-11-21(24)17-18-29(20)25(30)19-28(2)27(31)26(22-12-5-3-6-13-22)23-14-7-4-8-15-23/h3-16,20,26H,17-19H2,1-2H3. The topological polar surface area (TPSA) is 40.6 Å². The van der Waals surface area contributed by atoms with Crippen LogP contribution in [0.2, 0.25) is 0 Å². The highest BCUT2D eigenvalue weighted by Crippen LogP contribution is 2.30. The van der Waals surface area contributed by atoms with Gasteiger partial charge in [0.25, 0.3) is 0 Å². The average Bonchev–Trinajstić information content (AvgIpc) is 2.81. The van der Waals surface area contributed by atoms with Gasteiger partial charge in [-0.05, 0) is 35.6 Å². The Morgan fingerprint density at radius 3 is 2.06 bits per heavy atom. The molecule has 1 unspecified atom stereocenters. The van der Waals surface area contributed by atoms with Gasteiger partial charge in [-0.2, -0.15) is 0 Å². The number of benzene rings is 3. The molecule has 0 bridgehead atoms. The lowest BCUT2D eigenvalue weighted by atomic mass is 9.90. The van der Waals surface area contributed by atoms with E-state index >= 15 is 0 Å². The number of fused-ring (bicyclic) bond motifs is 1. The highest BCUT2D eigenvalue weighted by Gasteiger charge is 2.31. The quantitative estimate of drug-likeness (QED) is 0.622. The van der Waals surface area contributed by atoms with E-state index in [0.29, 0.717) is 6.54 Å². The van der Waals surface area contributed by atoms with Gasteiger partial charge in [0.1, 0.15) is 0 Å². The van der Waals surface area contributed by atoms with Crippen LogP contribution < -0.4 is 0 Å². The summed E-state index contributed by atoms with van der Waals surface area (Å²) in [5.74, 6) is -0.520. The highest BCUT2D eigenvalue weighted by atomic mass is 16.2.